The summed E-state index contributed by atoms with van der Waals surface area (Å²) in [6.45, 7) is 4.90. The van der Waals surface area contributed by atoms with Crippen molar-refractivity contribution in [3.63, 3.8) is 0 Å². The molecule has 0 heterocycles. The van der Waals surface area contributed by atoms with Gasteiger partial charge in [0.2, 0.25) is 0 Å². The zero-order chi connectivity index (χ0) is 15.0. The molecule has 0 aromatic rings. The Morgan fingerprint density at radius 1 is 1.10 bits per heavy atom. The van der Waals surface area contributed by atoms with Crippen molar-refractivity contribution >= 4 is 11.9 Å². The summed E-state index contributed by atoms with van der Waals surface area (Å²) in [4.78, 5) is 22.7. The number of hydrogen-bond donors (Lipinski definition) is 1. The molecule has 20 heavy (non-hydrogen) atoms. The Kier molecular flexibility index (Phi) is 7.63. The molecule has 116 valence electrons. The molecule has 1 aliphatic carbocycles. The SMILES string of the molecule is CCC(CC)CCCOC(=O)C1CCC(C(=O)O)CC1. The molecule has 0 spiro atoms. The maximum Gasteiger partial charge on any atom is 0.308 e. The molecule has 4 nitrogen and oxygen atoms in total. The fraction of sp³-hybridized carbons (Fsp3) is 0.875. The highest BCUT2D eigenvalue weighted by Gasteiger charge is 2.30. The molecule has 1 saturated carbocycles. The molecule has 4 heteroatoms. The van der Waals surface area contributed by atoms with Crippen molar-refractivity contribution in [2.75, 3.05) is 6.61 Å². The smallest absolute Gasteiger partial charge is 0.308 e. The molecule has 0 aromatic carbocycles. The van der Waals surface area contributed by atoms with E-state index in [1.807, 2.05) is 0 Å². The number of carbonyl (C=O) groups excluding carboxylic acids is 1. The number of ether oxygens (including phenoxy) is 1. The number of carboxylic acid groups (broad SMARTS) is 1. The molecule has 0 radical (unpaired) electrons. The van der Waals surface area contributed by atoms with Crippen LogP contribution in [0, 0.1) is 17.8 Å². The fourth-order valence-corrected chi connectivity index (χ4v) is 2.94. The van der Waals surface area contributed by atoms with Crippen molar-refractivity contribution in [2.24, 2.45) is 17.8 Å². The third-order valence-corrected chi connectivity index (χ3v) is 4.57. The summed E-state index contributed by atoms with van der Waals surface area (Å²) in [6.07, 6.45) is 6.93. The molecular formula is C16H28O4. The zero-order valence-corrected chi connectivity index (χ0v) is 12.8. The van der Waals surface area contributed by atoms with Gasteiger partial charge in [-0.2, -0.15) is 0 Å². The number of aliphatic carboxylic acids is 1. The Morgan fingerprint density at radius 3 is 2.15 bits per heavy atom. The van der Waals surface area contributed by atoms with Crippen molar-refractivity contribution in [1.82, 2.24) is 0 Å². The van der Waals surface area contributed by atoms with Crippen LogP contribution in [0.2, 0.25) is 0 Å². The largest absolute Gasteiger partial charge is 0.481 e. The fourth-order valence-electron chi connectivity index (χ4n) is 2.94. The van der Waals surface area contributed by atoms with E-state index in [1.54, 1.807) is 0 Å². The second kappa shape index (κ2) is 8.98. The molecule has 0 atom stereocenters. The van der Waals surface area contributed by atoms with E-state index in [-0.39, 0.29) is 17.8 Å². The van der Waals surface area contributed by atoms with Crippen LogP contribution in [0.25, 0.3) is 0 Å². The van der Waals surface area contributed by atoms with Gasteiger partial charge in [-0.25, -0.2) is 0 Å². The van der Waals surface area contributed by atoms with Crippen molar-refractivity contribution in [2.45, 2.75) is 65.2 Å². The second-order valence-electron chi connectivity index (χ2n) is 5.88. The lowest BCUT2D eigenvalue weighted by molar-refractivity contribution is -0.152. The molecule has 1 rings (SSSR count). The van der Waals surface area contributed by atoms with Gasteiger partial charge in [0.25, 0.3) is 0 Å². The van der Waals surface area contributed by atoms with E-state index in [9.17, 15) is 9.59 Å². The molecular weight excluding hydrogens is 256 g/mol. The normalized spacial score (nSPS) is 22.8. The van der Waals surface area contributed by atoms with Crippen LogP contribution in [0.1, 0.15) is 65.2 Å². The summed E-state index contributed by atoms with van der Waals surface area (Å²) in [6, 6.07) is 0. The van der Waals surface area contributed by atoms with Gasteiger partial charge in [0, 0.05) is 0 Å². The minimum absolute atomic E-state index is 0.0845. The first kappa shape index (κ1) is 17.0. The second-order valence-corrected chi connectivity index (χ2v) is 5.88. The van der Waals surface area contributed by atoms with Crippen molar-refractivity contribution < 1.29 is 19.4 Å². The molecule has 0 bridgehead atoms. The quantitative estimate of drug-likeness (QED) is 0.546. The topological polar surface area (TPSA) is 63.6 Å². The van der Waals surface area contributed by atoms with Gasteiger partial charge < -0.3 is 9.84 Å². The van der Waals surface area contributed by atoms with Gasteiger partial charge >= 0.3 is 11.9 Å². The monoisotopic (exact) mass is 284 g/mol. The molecule has 1 N–H and O–H groups in total. The standard InChI is InChI=1S/C16H28O4/c1-3-12(4-2)6-5-11-20-16(19)14-9-7-13(8-10-14)15(17)18/h12-14H,3-11H2,1-2H3,(H,17,18). The van der Waals surface area contributed by atoms with Crippen LogP contribution in [-0.2, 0) is 14.3 Å². The zero-order valence-electron chi connectivity index (χ0n) is 12.8. The Balaban J connectivity index is 2.16. The number of carbonyl (C=O) groups is 2. The lowest BCUT2D eigenvalue weighted by Gasteiger charge is -2.24. The van der Waals surface area contributed by atoms with E-state index in [4.69, 9.17) is 9.84 Å². The Morgan fingerprint density at radius 2 is 1.65 bits per heavy atom. The van der Waals surface area contributed by atoms with Gasteiger partial charge in [-0.1, -0.05) is 26.7 Å². The van der Waals surface area contributed by atoms with Crippen LogP contribution >= 0.6 is 0 Å². The lowest BCUT2D eigenvalue weighted by Crippen LogP contribution is -2.27. The summed E-state index contributed by atoms with van der Waals surface area (Å²) < 4.78 is 5.33. The van der Waals surface area contributed by atoms with Crippen molar-refractivity contribution in [3.05, 3.63) is 0 Å². The predicted molar refractivity (Wildman–Crippen MR) is 77.3 cm³/mol. The van der Waals surface area contributed by atoms with Gasteiger partial charge in [-0.05, 0) is 44.4 Å². The summed E-state index contributed by atoms with van der Waals surface area (Å²) >= 11 is 0. The van der Waals surface area contributed by atoms with Crippen LogP contribution in [0.5, 0.6) is 0 Å². The van der Waals surface area contributed by atoms with E-state index in [0.29, 0.717) is 32.3 Å². The average molecular weight is 284 g/mol. The first-order valence-corrected chi connectivity index (χ1v) is 7.97. The van der Waals surface area contributed by atoms with Crippen LogP contribution in [0.3, 0.4) is 0 Å². The molecule has 0 aromatic heterocycles. The molecule has 0 saturated heterocycles. The number of carboxylic acids is 1. The first-order chi connectivity index (χ1) is 9.58. The summed E-state index contributed by atoms with van der Waals surface area (Å²) in [5.41, 5.74) is 0. The van der Waals surface area contributed by atoms with Gasteiger partial charge in [0.15, 0.2) is 0 Å². The third kappa shape index (κ3) is 5.51. The van der Waals surface area contributed by atoms with Gasteiger partial charge in [0.1, 0.15) is 0 Å². The number of rotatable bonds is 8. The summed E-state index contributed by atoms with van der Waals surface area (Å²) in [5, 5.41) is 8.92. The van der Waals surface area contributed by atoms with E-state index < -0.39 is 5.97 Å². The molecule has 0 unspecified atom stereocenters. The highest BCUT2D eigenvalue weighted by atomic mass is 16.5. The molecule has 1 aliphatic rings. The minimum atomic E-state index is -0.734. The van der Waals surface area contributed by atoms with Gasteiger partial charge in [0.05, 0.1) is 18.4 Å². The minimum Gasteiger partial charge on any atom is -0.481 e. The Labute approximate surface area is 121 Å². The maximum atomic E-state index is 11.9. The van der Waals surface area contributed by atoms with Gasteiger partial charge in [-0.15, -0.1) is 0 Å². The van der Waals surface area contributed by atoms with Gasteiger partial charge in [-0.3, -0.25) is 9.59 Å². The summed E-state index contributed by atoms with van der Waals surface area (Å²) in [7, 11) is 0. The van der Waals surface area contributed by atoms with Crippen LogP contribution in [0.4, 0.5) is 0 Å². The van der Waals surface area contributed by atoms with E-state index in [1.165, 1.54) is 12.8 Å². The lowest BCUT2D eigenvalue weighted by atomic mass is 9.82. The molecule has 0 aliphatic heterocycles. The predicted octanol–water partition coefficient (Wildman–Crippen LogP) is 3.64. The number of esters is 1. The average Bonchev–Trinajstić information content (AvgIpc) is 2.47. The highest BCUT2D eigenvalue weighted by molar-refractivity contribution is 5.74. The van der Waals surface area contributed by atoms with E-state index in [2.05, 4.69) is 13.8 Å². The first-order valence-electron chi connectivity index (χ1n) is 7.97. The van der Waals surface area contributed by atoms with Crippen LogP contribution in [-0.4, -0.2) is 23.7 Å². The van der Waals surface area contributed by atoms with Crippen molar-refractivity contribution in [1.29, 1.82) is 0 Å². The Bertz CT molecular complexity index is 302. The Hall–Kier alpha value is -1.06. The molecule has 1 fully saturated rings. The maximum absolute atomic E-state index is 11.9. The van der Waals surface area contributed by atoms with E-state index >= 15 is 0 Å². The molecule has 0 amide bonds. The number of hydrogen-bond acceptors (Lipinski definition) is 3. The van der Waals surface area contributed by atoms with Crippen LogP contribution < -0.4 is 0 Å². The highest BCUT2D eigenvalue weighted by Crippen LogP contribution is 2.29. The summed E-state index contributed by atoms with van der Waals surface area (Å²) in [5.74, 6) is -0.479. The third-order valence-electron chi connectivity index (χ3n) is 4.57. The van der Waals surface area contributed by atoms with Crippen LogP contribution in [0.15, 0.2) is 0 Å². The van der Waals surface area contributed by atoms with E-state index in [0.717, 1.165) is 18.8 Å². The van der Waals surface area contributed by atoms with Crippen molar-refractivity contribution in [3.8, 4) is 0 Å².